The summed E-state index contributed by atoms with van der Waals surface area (Å²) in [5, 5.41) is 0. The van der Waals surface area contributed by atoms with Crippen LogP contribution in [0.25, 0.3) is 0 Å². The molecule has 0 radical (unpaired) electrons. The number of carbonyl (C=O) groups is 1. The average Bonchev–Trinajstić information content (AvgIpc) is 2.42. The number of urea groups is 1. The van der Waals surface area contributed by atoms with Gasteiger partial charge >= 0.3 is 6.03 Å². The van der Waals surface area contributed by atoms with Gasteiger partial charge < -0.3 is 4.90 Å². The van der Waals surface area contributed by atoms with Gasteiger partial charge in [0.2, 0.25) is 0 Å². The van der Waals surface area contributed by atoms with E-state index in [-0.39, 0.29) is 6.03 Å². The second-order valence-electron chi connectivity index (χ2n) is 5.48. The van der Waals surface area contributed by atoms with E-state index in [4.69, 9.17) is 0 Å². The lowest BCUT2D eigenvalue weighted by atomic mass is 9.99. The number of para-hydroxylation sites is 1. The highest BCUT2D eigenvalue weighted by Gasteiger charge is 2.25. The molecule has 1 aliphatic heterocycles. The zero-order valence-electron chi connectivity index (χ0n) is 12.2. The fourth-order valence-electron chi connectivity index (χ4n) is 2.65. The predicted molar refractivity (Wildman–Crippen MR) is 79.6 cm³/mol. The second-order valence-corrected chi connectivity index (χ2v) is 5.48. The highest BCUT2D eigenvalue weighted by molar-refractivity contribution is 5.92. The molecule has 0 N–H and O–H groups in total. The van der Waals surface area contributed by atoms with Gasteiger partial charge in [0.05, 0.1) is 0 Å². The first kappa shape index (κ1) is 13.9. The molecular weight excluding hydrogens is 236 g/mol. The van der Waals surface area contributed by atoms with E-state index < -0.39 is 0 Å². The van der Waals surface area contributed by atoms with Gasteiger partial charge in [0.15, 0.2) is 0 Å². The molecule has 0 unspecified atom stereocenters. The molecule has 1 aromatic carbocycles. The molecule has 1 aliphatic rings. The van der Waals surface area contributed by atoms with Gasteiger partial charge in [-0.2, -0.15) is 0 Å². The molecular formula is C16H24N2O. The van der Waals surface area contributed by atoms with Gasteiger partial charge in [-0.25, -0.2) is 4.79 Å². The van der Waals surface area contributed by atoms with Crippen molar-refractivity contribution in [3.8, 4) is 0 Å². The van der Waals surface area contributed by atoms with Crippen LogP contribution in [-0.4, -0.2) is 30.6 Å². The number of benzene rings is 1. The zero-order chi connectivity index (χ0) is 13.8. The van der Waals surface area contributed by atoms with E-state index in [2.05, 4.69) is 19.9 Å². The molecule has 104 valence electrons. The number of anilines is 1. The van der Waals surface area contributed by atoms with Gasteiger partial charge in [-0.15, -0.1) is 0 Å². The summed E-state index contributed by atoms with van der Waals surface area (Å²) in [6, 6.07) is 8.26. The highest BCUT2D eigenvalue weighted by atomic mass is 16.2. The molecule has 2 rings (SSSR count). The molecule has 1 saturated heterocycles. The normalized spacial score (nSPS) is 16.5. The van der Waals surface area contributed by atoms with Crippen molar-refractivity contribution in [2.45, 2.75) is 33.6 Å². The number of nitrogens with zero attached hydrogens (tertiary/aromatic N) is 2. The minimum absolute atomic E-state index is 0.156. The van der Waals surface area contributed by atoms with Crippen LogP contribution in [0.15, 0.2) is 24.3 Å². The summed E-state index contributed by atoms with van der Waals surface area (Å²) in [6.45, 7) is 8.86. The Morgan fingerprint density at radius 3 is 2.53 bits per heavy atom. The quantitative estimate of drug-likeness (QED) is 0.795. The molecule has 2 amide bonds. The lowest BCUT2D eigenvalue weighted by molar-refractivity contribution is 0.180. The van der Waals surface area contributed by atoms with Gasteiger partial charge in [0, 0.05) is 25.3 Å². The molecule has 1 fully saturated rings. The van der Waals surface area contributed by atoms with Gasteiger partial charge in [-0.1, -0.05) is 25.1 Å². The van der Waals surface area contributed by atoms with Crippen molar-refractivity contribution in [1.82, 2.24) is 4.90 Å². The zero-order valence-corrected chi connectivity index (χ0v) is 12.2. The third kappa shape index (κ3) is 3.09. The fraction of sp³-hybridized carbons (Fsp3) is 0.562. The molecule has 3 heteroatoms. The number of likely N-dealkylation sites (tertiary alicyclic amines) is 1. The van der Waals surface area contributed by atoms with E-state index in [0.717, 1.165) is 49.6 Å². The van der Waals surface area contributed by atoms with Crippen LogP contribution in [-0.2, 0) is 0 Å². The second kappa shape index (κ2) is 6.09. The molecule has 0 spiro atoms. The van der Waals surface area contributed by atoms with Crippen molar-refractivity contribution in [1.29, 1.82) is 0 Å². The Bertz CT molecular complexity index is 436. The first-order chi connectivity index (χ1) is 9.13. The van der Waals surface area contributed by atoms with Gasteiger partial charge in [-0.05, 0) is 44.2 Å². The van der Waals surface area contributed by atoms with Crippen molar-refractivity contribution in [3.05, 3.63) is 29.8 Å². The van der Waals surface area contributed by atoms with Crippen LogP contribution in [0.1, 0.15) is 32.3 Å². The molecule has 0 bridgehead atoms. The largest absolute Gasteiger partial charge is 0.324 e. The minimum atomic E-state index is 0.156. The molecule has 1 aromatic rings. The fourth-order valence-corrected chi connectivity index (χ4v) is 2.65. The maximum atomic E-state index is 12.6. The number of aryl methyl sites for hydroxylation is 1. The summed E-state index contributed by atoms with van der Waals surface area (Å²) in [4.78, 5) is 16.5. The van der Waals surface area contributed by atoms with E-state index in [9.17, 15) is 4.79 Å². The molecule has 0 atom stereocenters. The number of rotatable bonds is 2. The maximum absolute atomic E-state index is 12.6. The van der Waals surface area contributed by atoms with Crippen molar-refractivity contribution >= 4 is 11.7 Å². The van der Waals surface area contributed by atoms with E-state index in [1.807, 2.05) is 34.9 Å². The lowest BCUT2D eigenvalue weighted by Crippen LogP contribution is -2.46. The third-order valence-corrected chi connectivity index (χ3v) is 4.01. The first-order valence-corrected chi connectivity index (χ1v) is 7.25. The molecule has 0 saturated carbocycles. The number of hydrogen-bond acceptors (Lipinski definition) is 1. The minimum Gasteiger partial charge on any atom is -0.324 e. The molecule has 0 aliphatic carbocycles. The topological polar surface area (TPSA) is 23.6 Å². The van der Waals surface area contributed by atoms with E-state index in [1.165, 1.54) is 0 Å². The smallest absolute Gasteiger partial charge is 0.324 e. The average molecular weight is 260 g/mol. The summed E-state index contributed by atoms with van der Waals surface area (Å²) in [6.07, 6.45) is 2.24. The van der Waals surface area contributed by atoms with Gasteiger partial charge in [0.1, 0.15) is 0 Å². The molecule has 0 aromatic heterocycles. The number of hydrogen-bond donors (Lipinski definition) is 0. The van der Waals surface area contributed by atoms with Crippen LogP contribution in [0.4, 0.5) is 10.5 Å². The summed E-state index contributed by atoms with van der Waals surface area (Å²) in [7, 11) is 0. The van der Waals surface area contributed by atoms with Crippen LogP contribution in [0.5, 0.6) is 0 Å². The Hall–Kier alpha value is -1.51. The number of amides is 2. The maximum Gasteiger partial charge on any atom is 0.324 e. The van der Waals surface area contributed by atoms with E-state index in [1.54, 1.807) is 0 Å². The van der Waals surface area contributed by atoms with Crippen LogP contribution >= 0.6 is 0 Å². The first-order valence-electron chi connectivity index (χ1n) is 7.25. The summed E-state index contributed by atoms with van der Waals surface area (Å²) < 4.78 is 0. The Morgan fingerprint density at radius 1 is 1.32 bits per heavy atom. The van der Waals surface area contributed by atoms with Crippen molar-refractivity contribution in [2.24, 2.45) is 5.92 Å². The van der Waals surface area contributed by atoms with Crippen LogP contribution in [0.3, 0.4) is 0 Å². The molecule has 19 heavy (non-hydrogen) atoms. The lowest BCUT2D eigenvalue weighted by Gasteiger charge is -2.35. The van der Waals surface area contributed by atoms with Crippen LogP contribution < -0.4 is 4.90 Å². The predicted octanol–water partition coefficient (Wildman–Crippen LogP) is 3.67. The Morgan fingerprint density at radius 2 is 1.95 bits per heavy atom. The Balaban J connectivity index is 2.14. The molecule has 1 heterocycles. The van der Waals surface area contributed by atoms with E-state index in [0.29, 0.717) is 0 Å². The van der Waals surface area contributed by atoms with Crippen molar-refractivity contribution in [3.63, 3.8) is 0 Å². The highest BCUT2D eigenvalue weighted by Crippen LogP contribution is 2.23. The van der Waals surface area contributed by atoms with Crippen LogP contribution in [0.2, 0.25) is 0 Å². The van der Waals surface area contributed by atoms with Gasteiger partial charge in [-0.3, -0.25) is 4.90 Å². The molecule has 3 nitrogen and oxygen atoms in total. The van der Waals surface area contributed by atoms with Crippen molar-refractivity contribution < 1.29 is 4.79 Å². The summed E-state index contributed by atoms with van der Waals surface area (Å²) in [5.74, 6) is 0.748. The third-order valence-electron chi connectivity index (χ3n) is 4.01. The van der Waals surface area contributed by atoms with Crippen LogP contribution in [0, 0.1) is 12.8 Å². The van der Waals surface area contributed by atoms with Gasteiger partial charge in [0.25, 0.3) is 0 Å². The summed E-state index contributed by atoms with van der Waals surface area (Å²) in [5.41, 5.74) is 2.19. The van der Waals surface area contributed by atoms with Crippen molar-refractivity contribution in [2.75, 3.05) is 24.5 Å². The monoisotopic (exact) mass is 260 g/mol. The Kier molecular flexibility index (Phi) is 4.46. The van der Waals surface area contributed by atoms with E-state index >= 15 is 0 Å². The number of piperidine rings is 1. The Labute approximate surface area is 116 Å². The number of carbonyl (C=O) groups excluding carboxylic acids is 1. The standard InChI is InChI=1S/C16H24N2O/c1-4-18(15-8-6-5-7-14(15)3)16(19)17-11-9-13(2)10-12-17/h5-8,13H,4,9-12H2,1-3H3. The SMILES string of the molecule is CCN(C(=O)N1CCC(C)CC1)c1ccccc1C. The summed E-state index contributed by atoms with van der Waals surface area (Å²) >= 11 is 0.